The Labute approximate surface area is 132 Å². The van der Waals surface area contributed by atoms with Gasteiger partial charge in [0.25, 0.3) is 0 Å². The summed E-state index contributed by atoms with van der Waals surface area (Å²) in [6, 6.07) is 0. The lowest BCUT2D eigenvalue weighted by molar-refractivity contribution is 0.535. The van der Waals surface area contributed by atoms with Crippen LogP contribution in [0.4, 0.5) is 0 Å². The van der Waals surface area contributed by atoms with E-state index in [2.05, 4.69) is 17.2 Å². The predicted molar refractivity (Wildman–Crippen MR) is 78.0 cm³/mol. The zero-order valence-corrected chi connectivity index (χ0v) is 13.8. The molecule has 0 saturated heterocycles. The van der Waals surface area contributed by atoms with E-state index in [1.807, 2.05) is 6.92 Å². The summed E-state index contributed by atoms with van der Waals surface area (Å²) in [5, 5.41) is 8.00. The summed E-state index contributed by atoms with van der Waals surface area (Å²) in [7, 11) is 0. The standard InChI is InChI=1S/C10H14Cl5N3/c1-3-5-6-18-7(4-2)8(16-17-18)9(11,12)10(13,14)15/h3-6H2,1-2H3. The van der Waals surface area contributed by atoms with E-state index in [9.17, 15) is 0 Å². The topological polar surface area (TPSA) is 30.7 Å². The quantitative estimate of drug-likeness (QED) is 0.722. The fourth-order valence-corrected chi connectivity index (χ4v) is 2.11. The molecule has 0 radical (unpaired) electrons. The lowest BCUT2D eigenvalue weighted by atomic mass is 10.2. The Balaban J connectivity index is 3.14. The van der Waals surface area contributed by atoms with Gasteiger partial charge in [-0.3, -0.25) is 0 Å². The summed E-state index contributed by atoms with van der Waals surface area (Å²) in [6.07, 6.45) is 2.70. The van der Waals surface area contributed by atoms with Crippen molar-refractivity contribution in [1.29, 1.82) is 0 Å². The van der Waals surface area contributed by atoms with Gasteiger partial charge in [0.15, 0.2) is 0 Å². The second-order valence-corrected chi connectivity index (χ2v) is 7.50. The SMILES string of the molecule is CCCCn1nnc(C(Cl)(Cl)C(Cl)(Cl)Cl)c1CC. The smallest absolute Gasteiger partial charge is 0.228 e. The molecule has 0 bridgehead atoms. The number of hydrogen-bond acceptors (Lipinski definition) is 2. The van der Waals surface area contributed by atoms with E-state index in [4.69, 9.17) is 58.0 Å². The molecule has 0 amide bonds. The first-order chi connectivity index (χ1) is 8.25. The summed E-state index contributed by atoms with van der Waals surface area (Å²) in [5.41, 5.74) is 1.10. The molecule has 0 spiro atoms. The summed E-state index contributed by atoms with van der Waals surface area (Å²) in [4.78, 5) is 0. The predicted octanol–water partition coefficient (Wildman–Crippen LogP) is 4.64. The van der Waals surface area contributed by atoms with Crippen LogP contribution in [0, 0.1) is 0 Å². The number of halogens is 5. The molecule has 0 aliphatic carbocycles. The molecular weight excluding hydrogens is 339 g/mol. The Kier molecular flexibility index (Phi) is 5.88. The van der Waals surface area contributed by atoms with Gasteiger partial charge in [-0.15, -0.1) is 5.10 Å². The summed E-state index contributed by atoms with van der Waals surface area (Å²) in [6.45, 7) is 4.79. The van der Waals surface area contributed by atoms with Crippen LogP contribution >= 0.6 is 58.0 Å². The molecule has 0 atom stereocenters. The van der Waals surface area contributed by atoms with Gasteiger partial charge in [0.1, 0.15) is 5.69 Å². The molecule has 1 rings (SSSR count). The van der Waals surface area contributed by atoms with Crippen LogP contribution in [0.2, 0.25) is 0 Å². The van der Waals surface area contributed by atoms with Crippen LogP contribution in [-0.4, -0.2) is 18.8 Å². The molecular formula is C10H14Cl5N3. The molecule has 8 heteroatoms. The zero-order valence-electron chi connectivity index (χ0n) is 10.1. The van der Waals surface area contributed by atoms with Gasteiger partial charge in [0, 0.05) is 6.54 Å². The molecule has 0 fully saturated rings. The van der Waals surface area contributed by atoms with Crippen LogP contribution in [-0.2, 0) is 17.3 Å². The number of rotatable bonds is 5. The van der Waals surface area contributed by atoms with Gasteiger partial charge >= 0.3 is 0 Å². The Morgan fingerprint density at radius 1 is 1.11 bits per heavy atom. The highest BCUT2D eigenvalue weighted by molar-refractivity contribution is 6.75. The van der Waals surface area contributed by atoms with E-state index in [1.54, 1.807) is 4.68 Å². The van der Waals surface area contributed by atoms with Crippen molar-refractivity contribution in [2.24, 2.45) is 0 Å². The van der Waals surface area contributed by atoms with Gasteiger partial charge < -0.3 is 0 Å². The van der Waals surface area contributed by atoms with E-state index >= 15 is 0 Å². The van der Waals surface area contributed by atoms with Crippen molar-refractivity contribution in [2.75, 3.05) is 0 Å². The first-order valence-electron chi connectivity index (χ1n) is 5.63. The molecule has 0 aliphatic rings. The second-order valence-electron chi connectivity index (χ2n) is 3.89. The first-order valence-corrected chi connectivity index (χ1v) is 7.52. The normalized spacial score (nSPS) is 13.1. The summed E-state index contributed by atoms with van der Waals surface area (Å²) in [5.74, 6) is 0. The van der Waals surface area contributed by atoms with Crippen molar-refractivity contribution in [1.82, 2.24) is 15.0 Å². The van der Waals surface area contributed by atoms with Crippen molar-refractivity contribution in [3.63, 3.8) is 0 Å². The molecule has 104 valence electrons. The molecule has 0 aromatic carbocycles. The fraction of sp³-hybridized carbons (Fsp3) is 0.800. The maximum atomic E-state index is 6.12. The minimum atomic E-state index is -1.87. The maximum Gasteiger partial charge on any atom is 0.228 e. The maximum absolute atomic E-state index is 6.12. The third-order valence-corrected chi connectivity index (χ3v) is 4.91. The van der Waals surface area contributed by atoms with Crippen molar-refractivity contribution < 1.29 is 0 Å². The summed E-state index contributed by atoms with van der Waals surface area (Å²) < 4.78 is -1.83. The summed E-state index contributed by atoms with van der Waals surface area (Å²) >= 11 is 29.6. The highest BCUT2D eigenvalue weighted by Crippen LogP contribution is 2.52. The third-order valence-electron chi connectivity index (χ3n) is 2.55. The molecule has 0 aliphatic heterocycles. The van der Waals surface area contributed by atoms with Crippen LogP contribution in [0.25, 0.3) is 0 Å². The molecule has 0 N–H and O–H groups in total. The average Bonchev–Trinajstić information content (AvgIpc) is 2.67. The number of aromatic nitrogens is 3. The first kappa shape index (κ1) is 16.6. The average molecular weight is 354 g/mol. The van der Waals surface area contributed by atoms with Crippen LogP contribution in [0.15, 0.2) is 0 Å². The van der Waals surface area contributed by atoms with Crippen LogP contribution in [0.3, 0.4) is 0 Å². The number of alkyl halides is 5. The third kappa shape index (κ3) is 3.37. The van der Waals surface area contributed by atoms with Gasteiger partial charge in [-0.1, -0.05) is 83.5 Å². The highest BCUT2D eigenvalue weighted by Gasteiger charge is 2.50. The monoisotopic (exact) mass is 351 g/mol. The van der Waals surface area contributed by atoms with Gasteiger partial charge in [-0.25, -0.2) is 4.68 Å². The van der Waals surface area contributed by atoms with Crippen molar-refractivity contribution >= 4 is 58.0 Å². The van der Waals surface area contributed by atoms with Crippen molar-refractivity contribution in [2.45, 2.75) is 47.8 Å². The second kappa shape index (κ2) is 6.36. The molecule has 18 heavy (non-hydrogen) atoms. The fourth-order valence-electron chi connectivity index (χ4n) is 1.55. The largest absolute Gasteiger partial charge is 0.249 e. The Hall–Kier alpha value is 0.590. The molecule has 1 aromatic rings. The number of hydrogen-bond donors (Lipinski definition) is 0. The Morgan fingerprint density at radius 3 is 2.17 bits per heavy atom. The van der Waals surface area contributed by atoms with E-state index in [1.165, 1.54) is 0 Å². The highest BCUT2D eigenvalue weighted by atomic mass is 35.6. The van der Waals surface area contributed by atoms with E-state index in [0.29, 0.717) is 12.1 Å². The molecule has 1 aromatic heterocycles. The van der Waals surface area contributed by atoms with Gasteiger partial charge in [0.05, 0.1) is 5.69 Å². The van der Waals surface area contributed by atoms with E-state index in [0.717, 1.165) is 25.1 Å². The van der Waals surface area contributed by atoms with Gasteiger partial charge in [-0.05, 0) is 12.8 Å². The zero-order chi connectivity index (χ0) is 14.0. The van der Waals surface area contributed by atoms with Crippen LogP contribution < -0.4 is 0 Å². The molecule has 1 heterocycles. The van der Waals surface area contributed by atoms with Gasteiger partial charge in [-0.2, -0.15) is 0 Å². The van der Waals surface area contributed by atoms with Crippen molar-refractivity contribution in [3.8, 4) is 0 Å². The minimum Gasteiger partial charge on any atom is -0.249 e. The van der Waals surface area contributed by atoms with E-state index in [-0.39, 0.29) is 0 Å². The Morgan fingerprint density at radius 2 is 1.72 bits per heavy atom. The number of nitrogens with zero attached hydrogens (tertiary/aromatic N) is 3. The van der Waals surface area contributed by atoms with Crippen LogP contribution in [0.1, 0.15) is 38.1 Å². The molecule has 0 unspecified atom stereocenters. The Bertz CT molecular complexity index is 397. The van der Waals surface area contributed by atoms with E-state index < -0.39 is 8.13 Å². The molecule has 3 nitrogen and oxygen atoms in total. The van der Waals surface area contributed by atoms with Crippen LogP contribution in [0.5, 0.6) is 0 Å². The number of aryl methyl sites for hydroxylation is 1. The minimum absolute atomic E-state index is 0.310. The van der Waals surface area contributed by atoms with Gasteiger partial charge in [0.2, 0.25) is 8.13 Å². The molecule has 0 saturated carbocycles. The lowest BCUT2D eigenvalue weighted by Crippen LogP contribution is -2.30. The lowest BCUT2D eigenvalue weighted by Gasteiger charge is -2.26. The number of unbranched alkanes of at least 4 members (excludes halogenated alkanes) is 1. The van der Waals surface area contributed by atoms with Crippen molar-refractivity contribution in [3.05, 3.63) is 11.4 Å².